The minimum Gasteiger partial charge on any atom is -0.351 e. The lowest BCUT2D eigenvalue weighted by Crippen LogP contribution is -2.59. The van der Waals surface area contributed by atoms with Crippen LogP contribution in [0.1, 0.15) is 51.5 Å². The van der Waals surface area contributed by atoms with Gasteiger partial charge in [0.2, 0.25) is 46.4 Å². The third kappa shape index (κ3) is 12.8. The maximum Gasteiger partial charge on any atom is 0.242 e. The van der Waals surface area contributed by atoms with E-state index in [0.717, 1.165) is 66.4 Å². The number of halogens is 2. The molecule has 0 aromatic heterocycles. The van der Waals surface area contributed by atoms with Crippen LogP contribution in [0.25, 0.3) is 0 Å². The molecule has 370 valence electrons. The molecule has 0 saturated carbocycles. The third-order valence-electron chi connectivity index (χ3n) is 12.5. The number of hydrogen-bond donors (Lipinski definition) is 8. The number of benzene rings is 8. The predicted octanol–water partition coefficient (Wildman–Crippen LogP) is 5.92. The van der Waals surface area contributed by atoms with Crippen molar-refractivity contribution in [1.82, 2.24) is 5.32 Å². The van der Waals surface area contributed by atoms with Gasteiger partial charge in [-0.3, -0.25) is 19.2 Å². The fourth-order valence-corrected chi connectivity index (χ4v) is 9.27. The van der Waals surface area contributed by atoms with Crippen molar-refractivity contribution in [3.05, 3.63) is 244 Å². The van der Waals surface area contributed by atoms with E-state index >= 15 is 0 Å². The van der Waals surface area contributed by atoms with Crippen molar-refractivity contribution >= 4 is 116 Å². The topological polar surface area (TPSA) is 172 Å². The van der Waals surface area contributed by atoms with Crippen LogP contribution in [0.15, 0.2) is 211 Å². The van der Waals surface area contributed by atoms with Gasteiger partial charge >= 0.3 is 0 Å². The van der Waals surface area contributed by atoms with Gasteiger partial charge in [-0.15, -0.1) is 0 Å². The molecule has 4 amide bonds. The Bertz CT molecular complexity index is 3360. The minimum atomic E-state index is -0.299. The summed E-state index contributed by atoms with van der Waals surface area (Å²) in [5, 5.41) is 12.2. The lowest BCUT2D eigenvalue weighted by molar-refractivity contribution is -0.344. The van der Waals surface area contributed by atoms with Crippen molar-refractivity contribution in [1.29, 1.82) is 0 Å². The van der Waals surface area contributed by atoms with Crippen molar-refractivity contribution in [2.75, 3.05) is 16.0 Å². The highest BCUT2D eigenvalue weighted by Crippen LogP contribution is 2.29. The Morgan fingerprint density at radius 3 is 1.19 bits per heavy atom. The number of hydrogen-bond acceptors (Lipinski definition) is 4. The molecule has 8 N–H and O–H groups in total. The SMILES string of the molecule is O=C(NCc1ccccc1)C1C=[NH+]c2ccccc21.O=C(Nc1ccccc1)C1C=[NH+]c2ccccc21.O=C(Nc1ccccc1Br)C1C=[NH+]c2ccccc21.O=C(Nc1ccccc1Cl)C1C=[NH+]c2ccccc21. The van der Waals surface area contributed by atoms with E-state index < -0.39 is 0 Å². The van der Waals surface area contributed by atoms with Crippen LogP contribution in [0.4, 0.5) is 39.8 Å². The number of fused-ring (bicyclic) bond motifs is 4. The molecule has 12 nitrogen and oxygen atoms in total. The molecule has 14 heteroatoms. The van der Waals surface area contributed by atoms with E-state index in [2.05, 4.69) is 57.2 Å². The van der Waals surface area contributed by atoms with Gasteiger partial charge in [0.05, 0.1) is 16.4 Å². The maximum absolute atomic E-state index is 12.3. The number of carbonyl (C=O) groups excluding carboxylic acids is 4. The van der Waals surface area contributed by atoms with Gasteiger partial charge in [-0.1, -0.05) is 157 Å². The first kappa shape index (κ1) is 51.0. The second-order valence-electron chi connectivity index (χ2n) is 17.5. The average molecular weight is 1080 g/mol. The molecule has 8 aromatic carbocycles. The fraction of sp³-hybridized carbons (Fsp3) is 0.0820. The first-order valence-corrected chi connectivity index (χ1v) is 25.4. The Balaban J connectivity index is 0.000000122. The van der Waals surface area contributed by atoms with Gasteiger partial charge < -0.3 is 21.3 Å². The van der Waals surface area contributed by atoms with E-state index in [9.17, 15) is 19.2 Å². The highest BCUT2D eigenvalue weighted by Gasteiger charge is 2.33. The third-order valence-corrected chi connectivity index (χ3v) is 13.6. The quantitative estimate of drug-likeness (QED) is 0.0899. The number of carbonyl (C=O) groups is 4. The van der Waals surface area contributed by atoms with Gasteiger partial charge in [0.25, 0.3) is 0 Å². The summed E-state index contributed by atoms with van der Waals surface area (Å²) in [5.74, 6) is -1.12. The Labute approximate surface area is 447 Å². The highest BCUT2D eigenvalue weighted by atomic mass is 79.9. The van der Waals surface area contributed by atoms with Crippen LogP contribution in [-0.4, -0.2) is 48.5 Å². The molecule has 8 aromatic rings. The summed E-state index contributed by atoms with van der Waals surface area (Å²) in [6, 6.07) is 65.5. The Hall–Kier alpha value is -8.91. The number of rotatable bonds is 9. The van der Waals surface area contributed by atoms with E-state index in [1.54, 1.807) is 18.3 Å². The normalized spacial score (nSPS) is 16.2. The van der Waals surface area contributed by atoms with E-state index in [4.69, 9.17) is 11.6 Å². The van der Waals surface area contributed by atoms with Crippen LogP contribution in [0.2, 0.25) is 5.02 Å². The zero-order valence-corrected chi connectivity index (χ0v) is 42.7. The maximum atomic E-state index is 12.3. The molecule has 0 bridgehead atoms. The van der Waals surface area contributed by atoms with E-state index in [1.807, 2.05) is 213 Å². The van der Waals surface area contributed by atoms with Crippen molar-refractivity contribution in [2.45, 2.75) is 30.2 Å². The molecule has 4 aliphatic rings. The van der Waals surface area contributed by atoms with Gasteiger partial charge in [-0.2, -0.15) is 0 Å². The van der Waals surface area contributed by atoms with Gasteiger partial charge in [0.1, 0.15) is 23.7 Å². The molecule has 4 aliphatic heterocycles. The molecular formula is C61H52BrClN8O4+4. The zero-order valence-electron chi connectivity index (χ0n) is 40.3. The van der Waals surface area contributed by atoms with E-state index in [-0.39, 0.29) is 47.3 Å². The predicted molar refractivity (Wildman–Crippen MR) is 300 cm³/mol. The first-order chi connectivity index (χ1) is 36.7. The number of para-hydroxylation sites is 7. The Morgan fingerprint density at radius 2 is 0.733 bits per heavy atom. The standard InChI is InChI=1S/C16H14N2O.C15H11BrN2O.C15H11ClN2O.C15H12N2O/c19-16(18-10-12-6-2-1-3-7-12)14-11-17-15-9-5-4-8-13(14)15;2*16-12-6-2-4-8-14(12)18-15(19)11-9-17-13-7-3-1-5-10(11)13;18-15(17-11-6-2-1-3-7-11)13-10-16-14-9-5-4-8-12(13)14/h1-9,11,14H,10H2,(H,18,19);2*1-9,11H,(H,18,19);1-10,13H,(H,17,18)/p+4. The molecule has 0 saturated heterocycles. The van der Waals surface area contributed by atoms with Crippen LogP contribution >= 0.6 is 27.5 Å². The summed E-state index contributed by atoms with van der Waals surface area (Å²) in [4.78, 5) is 61.5. The second-order valence-corrected chi connectivity index (χ2v) is 18.8. The Kier molecular flexibility index (Phi) is 16.8. The number of anilines is 3. The molecule has 0 radical (unpaired) electrons. The molecule has 0 spiro atoms. The molecule has 75 heavy (non-hydrogen) atoms. The van der Waals surface area contributed by atoms with Gasteiger partial charge in [0, 0.05) is 63.2 Å². The second kappa shape index (κ2) is 24.7. The smallest absolute Gasteiger partial charge is 0.242 e. The van der Waals surface area contributed by atoms with Crippen LogP contribution in [-0.2, 0) is 25.7 Å². The first-order valence-electron chi connectivity index (χ1n) is 24.2. The molecule has 0 aliphatic carbocycles. The molecule has 4 unspecified atom stereocenters. The zero-order chi connectivity index (χ0) is 51.9. The van der Waals surface area contributed by atoms with Crippen molar-refractivity contribution in [3.8, 4) is 0 Å². The molecule has 4 atom stereocenters. The largest absolute Gasteiger partial charge is 0.351 e. The summed E-state index contributed by atoms with van der Waals surface area (Å²) in [6.45, 7) is 0.562. The van der Waals surface area contributed by atoms with Gasteiger partial charge in [-0.25, -0.2) is 20.0 Å². The number of nitrogens with one attached hydrogen (secondary N) is 8. The summed E-state index contributed by atoms with van der Waals surface area (Å²) in [6.07, 6.45) is 7.27. The summed E-state index contributed by atoms with van der Waals surface area (Å²) in [5.41, 5.74) is 11.4. The molecule has 12 rings (SSSR count). The van der Waals surface area contributed by atoms with Crippen LogP contribution in [0.3, 0.4) is 0 Å². The van der Waals surface area contributed by atoms with Crippen LogP contribution in [0.5, 0.6) is 0 Å². The highest BCUT2D eigenvalue weighted by molar-refractivity contribution is 9.10. The van der Waals surface area contributed by atoms with Gasteiger partial charge in [0.15, 0.2) is 24.9 Å². The lowest BCUT2D eigenvalue weighted by atomic mass is 10.0. The molecule has 0 fully saturated rings. The summed E-state index contributed by atoms with van der Waals surface area (Å²) < 4.78 is 0.877. The summed E-state index contributed by atoms with van der Waals surface area (Å²) in [7, 11) is 0. The average Bonchev–Trinajstić information content (AvgIpc) is 4.29. The van der Waals surface area contributed by atoms with Crippen LogP contribution < -0.4 is 41.2 Å². The Morgan fingerprint density at radius 1 is 0.387 bits per heavy atom. The monoisotopic (exact) mass is 1070 g/mol. The summed E-state index contributed by atoms with van der Waals surface area (Å²) >= 11 is 9.46. The molecular weight excluding hydrogens is 1020 g/mol. The van der Waals surface area contributed by atoms with Crippen LogP contribution in [0, 0.1) is 0 Å². The fourth-order valence-electron chi connectivity index (χ4n) is 8.70. The number of amides is 4. The van der Waals surface area contributed by atoms with Gasteiger partial charge in [-0.05, 0) is 57.9 Å². The van der Waals surface area contributed by atoms with E-state index in [0.29, 0.717) is 17.3 Å². The van der Waals surface area contributed by atoms with Crippen molar-refractivity contribution in [2.24, 2.45) is 0 Å². The molecule has 4 heterocycles. The van der Waals surface area contributed by atoms with Crippen molar-refractivity contribution in [3.63, 3.8) is 0 Å². The lowest BCUT2D eigenvalue weighted by Gasteiger charge is -2.09. The minimum absolute atomic E-state index is 0.0151. The van der Waals surface area contributed by atoms with Crippen molar-refractivity contribution < 1.29 is 39.1 Å². The van der Waals surface area contributed by atoms with E-state index in [1.165, 1.54) is 0 Å².